The fraction of sp³-hybridized carbons (Fsp3) is 0.333. The third-order valence-corrected chi connectivity index (χ3v) is 3.64. The molecule has 0 aliphatic rings. The third-order valence-electron chi connectivity index (χ3n) is 3.64. The third kappa shape index (κ3) is 4.16. The van der Waals surface area contributed by atoms with Gasteiger partial charge >= 0.3 is 0 Å². The smallest absolute Gasteiger partial charge is 0.259 e. The molecule has 0 unspecified atom stereocenters. The number of carbonyl (C=O) groups is 2. The molecule has 1 aromatic heterocycles. The van der Waals surface area contributed by atoms with Crippen molar-refractivity contribution in [3.8, 4) is 5.75 Å². The Morgan fingerprint density at radius 3 is 2.29 bits per heavy atom. The van der Waals surface area contributed by atoms with Crippen molar-refractivity contribution in [1.29, 1.82) is 0 Å². The molecule has 0 aliphatic heterocycles. The highest BCUT2D eigenvalue weighted by molar-refractivity contribution is 6.06. The Bertz CT molecular complexity index is 732. The molecule has 0 atom stereocenters. The van der Waals surface area contributed by atoms with E-state index in [1.165, 1.54) is 0 Å². The van der Waals surface area contributed by atoms with Crippen LogP contribution in [-0.2, 0) is 4.79 Å². The topological polar surface area (TPSA) is 80.6 Å². The van der Waals surface area contributed by atoms with Gasteiger partial charge in [-0.05, 0) is 52.0 Å². The summed E-state index contributed by atoms with van der Waals surface area (Å²) in [7, 11) is 0. The van der Waals surface area contributed by atoms with Gasteiger partial charge in [-0.3, -0.25) is 9.59 Å². The molecular weight excluding hydrogens is 308 g/mol. The van der Waals surface area contributed by atoms with E-state index in [4.69, 9.17) is 9.15 Å². The molecule has 0 bridgehead atoms. The van der Waals surface area contributed by atoms with Crippen molar-refractivity contribution >= 4 is 17.5 Å². The molecule has 0 saturated heterocycles. The summed E-state index contributed by atoms with van der Waals surface area (Å²) in [6.07, 6.45) is 0. The Hall–Kier alpha value is -2.76. The molecule has 2 amide bonds. The predicted octanol–water partition coefficient (Wildman–Crippen LogP) is 2.97. The van der Waals surface area contributed by atoms with Gasteiger partial charge in [-0.2, -0.15) is 0 Å². The number of aryl methyl sites for hydroxylation is 2. The number of benzene rings is 1. The van der Waals surface area contributed by atoms with Crippen LogP contribution in [0.15, 0.2) is 28.7 Å². The van der Waals surface area contributed by atoms with Crippen LogP contribution in [0.25, 0.3) is 0 Å². The number of rotatable bonds is 6. The molecule has 6 nitrogen and oxygen atoms in total. The standard InChI is InChI=1S/C18H22N2O4/c1-5-19-16(21)10-23-15-8-6-14(7-9-15)20-18(22)17-11(2)12(3)24-13(17)4/h6-9H,5,10H2,1-4H3,(H,19,21)(H,20,22). The summed E-state index contributed by atoms with van der Waals surface area (Å²) in [6.45, 7) is 7.85. The summed E-state index contributed by atoms with van der Waals surface area (Å²) in [6, 6.07) is 6.86. The Morgan fingerprint density at radius 1 is 1.08 bits per heavy atom. The van der Waals surface area contributed by atoms with Crippen molar-refractivity contribution in [2.24, 2.45) is 0 Å². The molecule has 24 heavy (non-hydrogen) atoms. The van der Waals surface area contributed by atoms with Crippen molar-refractivity contribution in [2.45, 2.75) is 27.7 Å². The lowest BCUT2D eigenvalue weighted by atomic mass is 10.1. The van der Waals surface area contributed by atoms with E-state index in [2.05, 4.69) is 10.6 Å². The Labute approximate surface area is 141 Å². The highest BCUT2D eigenvalue weighted by Gasteiger charge is 2.18. The first-order valence-corrected chi connectivity index (χ1v) is 7.79. The lowest BCUT2D eigenvalue weighted by Crippen LogP contribution is -2.28. The van der Waals surface area contributed by atoms with Crippen molar-refractivity contribution in [2.75, 3.05) is 18.5 Å². The number of hydrogen-bond donors (Lipinski definition) is 2. The average molecular weight is 330 g/mol. The number of likely N-dealkylation sites (N-methyl/N-ethyl adjacent to an activating group) is 1. The van der Waals surface area contributed by atoms with E-state index in [0.717, 1.165) is 11.3 Å². The summed E-state index contributed by atoms with van der Waals surface area (Å²) in [5.74, 6) is 1.52. The minimum atomic E-state index is -0.210. The van der Waals surface area contributed by atoms with Crippen LogP contribution in [-0.4, -0.2) is 25.0 Å². The zero-order chi connectivity index (χ0) is 17.7. The second-order valence-corrected chi connectivity index (χ2v) is 5.44. The monoisotopic (exact) mass is 330 g/mol. The van der Waals surface area contributed by atoms with Crippen LogP contribution in [0.4, 0.5) is 5.69 Å². The highest BCUT2D eigenvalue weighted by atomic mass is 16.5. The summed E-state index contributed by atoms with van der Waals surface area (Å²) < 4.78 is 10.8. The number of nitrogens with one attached hydrogen (secondary N) is 2. The molecule has 0 spiro atoms. The second kappa shape index (κ2) is 7.68. The van der Waals surface area contributed by atoms with E-state index >= 15 is 0 Å². The van der Waals surface area contributed by atoms with Crippen LogP contribution in [0.3, 0.4) is 0 Å². The number of hydrogen-bond acceptors (Lipinski definition) is 4. The maximum atomic E-state index is 12.4. The van der Waals surface area contributed by atoms with Gasteiger partial charge in [0.05, 0.1) is 5.56 Å². The maximum absolute atomic E-state index is 12.4. The summed E-state index contributed by atoms with van der Waals surface area (Å²) in [5, 5.41) is 5.49. The van der Waals surface area contributed by atoms with Crippen molar-refractivity contribution in [3.05, 3.63) is 46.9 Å². The van der Waals surface area contributed by atoms with Gasteiger partial charge in [0, 0.05) is 17.8 Å². The minimum absolute atomic E-state index is 0.0355. The van der Waals surface area contributed by atoms with Gasteiger partial charge in [-0.1, -0.05) is 0 Å². The van der Waals surface area contributed by atoms with Crippen LogP contribution in [0.1, 0.15) is 34.4 Å². The van der Waals surface area contributed by atoms with Crippen molar-refractivity contribution in [1.82, 2.24) is 5.32 Å². The summed E-state index contributed by atoms with van der Waals surface area (Å²) >= 11 is 0. The molecular formula is C18H22N2O4. The zero-order valence-corrected chi connectivity index (χ0v) is 14.4. The normalized spacial score (nSPS) is 10.3. The van der Waals surface area contributed by atoms with Gasteiger partial charge in [0.1, 0.15) is 17.3 Å². The molecule has 128 valence electrons. The number of carbonyl (C=O) groups excluding carboxylic acids is 2. The quantitative estimate of drug-likeness (QED) is 0.853. The van der Waals surface area contributed by atoms with Crippen LogP contribution >= 0.6 is 0 Å². The molecule has 0 aliphatic carbocycles. The minimum Gasteiger partial charge on any atom is -0.484 e. The molecule has 0 saturated carbocycles. The first kappa shape index (κ1) is 17.6. The fourth-order valence-corrected chi connectivity index (χ4v) is 2.35. The highest BCUT2D eigenvalue weighted by Crippen LogP contribution is 2.22. The number of amides is 2. The van der Waals surface area contributed by atoms with E-state index in [-0.39, 0.29) is 18.4 Å². The molecule has 2 rings (SSSR count). The predicted molar refractivity (Wildman–Crippen MR) is 91.5 cm³/mol. The zero-order valence-electron chi connectivity index (χ0n) is 14.4. The Balaban J connectivity index is 1.98. The van der Waals surface area contributed by atoms with Gasteiger partial charge in [-0.25, -0.2) is 0 Å². The maximum Gasteiger partial charge on any atom is 0.259 e. The van der Waals surface area contributed by atoms with E-state index in [9.17, 15) is 9.59 Å². The molecule has 6 heteroatoms. The van der Waals surface area contributed by atoms with E-state index in [1.54, 1.807) is 31.2 Å². The molecule has 1 aromatic carbocycles. The van der Waals surface area contributed by atoms with Gasteiger partial charge < -0.3 is 19.8 Å². The van der Waals surface area contributed by atoms with Crippen molar-refractivity contribution < 1.29 is 18.7 Å². The van der Waals surface area contributed by atoms with Gasteiger partial charge in [-0.15, -0.1) is 0 Å². The van der Waals surface area contributed by atoms with Crippen LogP contribution in [0, 0.1) is 20.8 Å². The van der Waals surface area contributed by atoms with E-state index < -0.39 is 0 Å². The Morgan fingerprint density at radius 2 is 1.75 bits per heavy atom. The molecule has 2 aromatic rings. The fourth-order valence-electron chi connectivity index (χ4n) is 2.35. The van der Waals surface area contributed by atoms with Gasteiger partial charge in [0.2, 0.25) is 0 Å². The number of anilines is 1. The largest absolute Gasteiger partial charge is 0.484 e. The molecule has 0 fully saturated rings. The van der Waals surface area contributed by atoms with E-state index in [0.29, 0.717) is 29.3 Å². The van der Waals surface area contributed by atoms with E-state index in [1.807, 2.05) is 20.8 Å². The SMILES string of the molecule is CCNC(=O)COc1ccc(NC(=O)c2c(C)oc(C)c2C)cc1. The van der Waals surface area contributed by atoms with Crippen molar-refractivity contribution in [3.63, 3.8) is 0 Å². The lowest BCUT2D eigenvalue weighted by Gasteiger charge is -2.08. The summed E-state index contributed by atoms with van der Waals surface area (Å²) in [4.78, 5) is 23.7. The molecule has 1 heterocycles. The average Bonchev–Trinajstić information content (AvgIpc) is 2.79. The molecule has 2 N–H and O–H groups in total. The molecule has 0 radical (unpaired) electrons. The first-order chi connectivity index (χ1) is 11.4. The van der Waals surface area contributed by atoms with Gasteiger partial charge in [0.15, 0.2) is 6.61 Å². The van der Waals surface area contributed by atoms with Crippen LogP contribution in [0.5, 0.6) is 5.75 Å². The number of furan rings is 1. The van der Waals surface area contributed by atoms with Gasteiger partial charge in [0.25, 0.3) is 11.8 Å². The first-order valence-electron chi connectivity index (χ1n) is 7.79. The Kier molecular flexibility index (Phi) is 5.63. The van der Waals surface area contributed by atoms with Crippen LogP contribution < -0.4 is 15.4 Å². The lowest BCUT2D eigenvalue weighted by molar-refractivity contribution is -0.122. The number of ether oxygens (including phenoxy) is 1. The van der Waals surface area contributed by atoms with Crippen LogP contribution in [0.2, 0.25) is 0 Å². The summed E-state index contributed by atoms with van der Waals surface area (Å²) in [5.41, 5.74) is 2.04. The second-order valence-electron chi connectivity index (χ2n) is 5.44.